The lowest BCUT2D eigenvalue weighted by molar-refractivity contribution is 0.307. The van der Waals surface area contributed by atoms with Crippen LogP contribution in [0.15, 0.2) is 17.5 Å². The highest BCUT2D eigenvalue weighted by atomic mass is 32.1. The fourth-order valence-corrected chi connectivity index (χ4v) is 4.76. The first-order chi connectivity index (χ1) is 13.2. The topological polar surface area (TPSA) is 106 Å². The zero-order valence-corrected chi connectivity index (χ0v) is 15.8. The molecule has 138 valence electrons. The molecular weight excluding hydrogens is 360 g/mol. The Morgan fingerprint density at radius 2 is 2.22 bits per heavy atom. The molecule has 2 unspecified atom stereocenters. The first kappa shape index (κ1) is 16.5. The largest absolute Gasteiger partial charge is 0.351 e. The third-order valence-corrected chi connectivity index (χ3v) is 6.27. The number of hydrogen-bond donors (Lipinski definition) is 3. The standard InChI is InChI=1S/C18H20N8S/c1-10-7-14(25-24-10)21-17-16-13(3-6-27-16)20-18(23-17)22-15-11-8-26(5-2-4-19)9-12(11)15/h3,6-7,11-12,15H,2,5,8-9H2,1H3,(H3,20,21,22,23,24,25). The van der Waals surface area contributed by atoms with Crippen molar-refractivity contribution in [2.45, 2.75) is 19.4 Å². The van der Waals surface area contributed by atoms with Gasteiger partial charge in [-0.3, -0.25) is 5.10 Å². The first-order valence-corrected chi connectivity index (χ1v) is 9.99. The quantitative estimate of drug-likeness (QED) is 0.604. The van der Waals surface area contributed by atoms with E-state index in [0.29, 0.717) is 30.2 Å². The summed E-state index contributed by atoms with van der Waals surface area (Å²) < 4.78 is 1.03. The minimum absolute atomic E-state index is 0.430. The van der Waals surface area contributed by atoms with Gasteiger partial charge in [-0.05, 0) is 30.2 Å². The molecule has 0 radical (unpaired) electrons. The number of nitrogens with one attached hydrogen (secondary N) is 3. The summed E-state index contributed by atoms with van der Waals surface area (Å²) >= 11 is 1.62. The molecule has 5 rings (SSSR count). The van der Waals surface area contributed by atoms with Gasteiger partial charge >= 0.3 is 0 Å². The van der Waals surface area contributed by atoms with Gasteiger partial charge in [-0.25, -0.2) is 4.98 Å². The Morgan fingerprint density at radius 1 is 1.37 bits per heavy atom. The number of fused-ring (bicyclic) bond motifs is 2. The first-order valence-electron chi connectivity index (χ1n) is 9.11. The fraction of sp³-hybridized carbons (Fsp3) is 0.444. The van der Waals surface area contributed by atoms with Crippen LogP contribution in [-0.2, 0) is 0 Å². The van der Waals surface area contributed by atoms with Crippen molar-refractivity contribution >= 4 is 39.1 Å². The molecule has 4 heterocycles. The van der Waals surface area contributed by atoms with Crippen molar-refractivity contribution in [3.05, 3.63) is 23.2 Å². The zero-order chi connectivity index (χ0) is 18.4. The maximum absolute atomic E-state index is 8.74. The van der Waals surface area contributed by atoms with Crippen molar-refractivity contribution in [3.63, 3.8) is 0 Å². The number of aryl methyl sites for hydroxylation is 1. The van der Waals surface area contributed by atoms with Gasteiger partial charge in [0, 0.05) is 43.9 Å². The number of aromatic nitrogens is 4. The van der Waals surface area contributed by atoms with Gasteiger partial charge in [-0.1, -0.05) is 0 Å². The number of nitriles is 1. The predicted molar refractivity (Wildman–Crippen MR) is 105 cm³/mol. The summed E-state index contributed by atoms with van der Waals surface area (Å²) in [5.41, 5.74) is 1.94. The van der Waals surface area contributed by atoms with Crippen LogP contribution in [-0.4, -0.2) is 50.7 Å². The molecule has 3 aromatic heterocycles. The lowest BCUT2D eigenvalue weighted by Gasteiger charge is -2.18. The average molecular weight is 380 g/mol. The van der Waals surface area contributed by atoms with E-state index in [1.165, 1.54) is 0 Å². The second-order valence-electron chi connectivity index (χ2n) is 7.26. The molecule has 2 fully saturated rings. The number of piperidine rings is 1. The second-order valence-corrected chi connectivity index (χ2v) is 8.17. The molecule has 2 atom stereocenters. The minimum atomic E-state index is 0.430. The van der Waals surface area contributed by atoms with E-state index in [2.05, 4.69) is 36.8 Å². The van der Waals surface area contributed by atoms with E-state index in [-0.39, 0.29) is 0 Å². The normalized spacial score (nSPS) is 23.9. The molecule has 9 heteroatoms. The van der Waals surface area contributed by atoms with E-state index >= 15 is 0 Å². The van der Waals surface area contributed by atoms with E-state index in [9.17, 15) is 0 Å². The Labute approximate surface area is 160 Å². The monoisotopic (exact) mass is 380 g/mol. The van der Waals surface area contributed by atoms with Gasteiger partial charge in [0.15, 0.2) is 11.6 Å². The molecule has 1 aliphatic heterocycles. The molecule has 27 heavy (non-hydrogen) atoms. The number of nitrogens with zero attached hydrogens (tertiary/aromatic N) is 5. The molecule has 1 saturated carbocycles. The van der Waals surface area contributed by atoms with Gasteiger partial charge < -0.3 is 15.5 Å². The molecule has 0 amide bonds. The second kappa shape index (κ2) is 6.48. The Kier molecular flexibility index (Phi) is 3.95. The van der Waals surface area contributed by atoms with E-state index < -0.39 is 0 Å². The summed E-state index contributed by atoms with van der Waals surface area (Å²) in [6, 6.07) is 6.63. The number of likely N-dealkylation sites (tertiary alicyclic amines) is 1. The molecule has 0 bridgehead atoms. The molecule has 1 aliphatic carbocycles. The average Bonchev–Trinajstić information content (AvgIpc) is 3.13. The third-order valence-electron chi connectivity index (χ3n) is 5.36. The van der Waals surface area contributed by atoms with Crippen LogP contribution in [0.1, 0.15) is 12.1 Å². The summed E-state index contributed by atoms with van der Waals surface area (Å²) in [5, 5.41) is 24.8. The molecule has 0 aromatic carbocycles. The van der Waals surface area contributed by atoms with Crippen molar-refractivity contribution in [1.29, 1.82) is 5.26 Å². The number of thiophene rings is 1. The van der Waals surface area contributed by atoms with Crippen LogP contribution >= 0.6 is 11.3 Å². The van der Waals surface area contributed by atoms with Crippen LogP contribution in [0.2, 0.25) is 0 Å². The SMILES string of the molecule is Cc1cc(Nc2nc(NC3C4CN(CCC#N)CC43)nc3ccsc23)n[nH]1. The van der Waals surface area contributed by atoms with Crippen molar-refractivity contribution in [1.82, 2.24) is 25.1 Å². The van der Waals surface area contributed by atoms with Crippen molar-refractivity contribution in [2.75, 3.05) is 30.3 Å². The van der Waals surface area contributed by atoms with Crippen molar-refractivity contribution in [2.24, 2.45) is 11.8 Å². The summed E-state index contributed by atoms with van der Waals surface area (Å²) in [7, 11) is 0. The van der Waals surface area contributed by atoms with Crippen LogP contribution in [0.25, 0.3) is 10.2 Å². The summed E-state index contributed by atoms with van der Waals surface area (Å²) in [5.74, 6) is 3.47. The Balaban J connectivity index is 1.31. The predicted octanol–water partition coefficient (Wildman–Crippen LogP) is 2.72. The maximum Gasteiger partial charge on any atom is 0.225 e. The van der Waals surface area contributed by atoms with E-state index in [1.807, 2.05) is 24.4 Å². The van der Waals surface area contributed by atoms with E-state index in [4.69, 9.17) is 10.2 Å². The maximum atomic E-state index is 8.74. The van der Waals surface area contributed by atoms with E-state index in [0.717, 1.165) is 47.2 Å². The number of aromatic amines is 1. The van der Waals surface area contributed by atoms with Gasteiger partial charge in [0.1, 0.15) is 0 Å². The van der Waals surface area contributed by atoms with Gasteiger partial charge in [-0.15, -0.1) is 11.3 Å². The van der Waals surface area contributed by atoms with Crippen LogP contribution < -0.4 is 10.6 Å². The highest BCUT2D eigenvalue weighted by molar-refractivity contribution is 7.17. The van der Waals surface area contributed by atoms with Gasteiger partial charge in [0.25, 0.3) is 0 Å². The zero-order valence-electron chi connectivity index (χ0n) is 14.9. The Morgan fingerprint density at radius 3 is 2.96 bits per heavy atom. The van der Waals surface area contributed by atoms with Gasteiger partial charge in [-0.2, -0.15) is 15.3 Å². The van der Waals surface area contributed by atoms with Gasteiger partial charge in [0.05, 0.1) is 16.3 Å². The molecule has 2 aliphatic rings. The molecule has 1 saturated heterocycles. The lowest BCUT2D eigenvalue weighted by Crippen LogP contribution is -2.29. The highest BCUT2D eigenvalue weighted by Gasteiger charge is 2.55. The summed E-state index contributed by atoms with van der Waals surface area (Å²) in [4.78, 5) is 11.8. The number of H-pyrrole nitrogens is 1. The highest BCUT2D eigenvalue weighted by Crippen LogP contribution is 2.47. The molecule has 3 aromatic rings. The Bertz CT molecular complexity index is 1010. The minimum Gasteiger partial charge on any atom is -0.351 e. The smallest absolute Gasteiger partial charge is 0.225 e. The van der Waals surface area contributed by atoms with Crippen LogP contribution in [0, 0.1) is 30.1 Å². The van der Waals surface area contributed by atoms with Gasteiger partial charge in [0.2, 0.25) is 5.95 Å². The number of anilines is 3. The summed E-state index contributed by atoms with van der Waals surface area (Å²) in [6.07, 6.45) is 0.608. The van der Waals surface area contributed by atoms with Crippen molar-refractivity contribution < 1.29 is 0 Å². The van der Waals surface area contributed by atoms with Crippen molar-refractivity contribution in [3.8, 4) is 6.07 Å². The third kappa shape index (κ3) is 3.11. The summed E-state index contributed by atoms with van der Waals surface area (Å²) in [6.45, 7) is 4.97. The lowest BCUT2D eigenvalue weighted by atomic mass is 10.3. The Hall–Kier alpha value is -2.70. The van der Waals surface area contributed by atoms with Crippen LogP contribution in [0.5, 0.6) is 0 Å². The number of rotatable bonds is 6. The molecular formula is C18H20N8S. The number of hydrogen-bond acceptors (Lipinski definition) is 8. The van der Waals surface area contributed by atoms with Crippen LogP contribution in [0.4, 0.5) is 17.6 Å². The molecule has 8 nitrogen and oxygen atoms in total. The molecule has 3 N–H and O–H groups in total. The molecule has 0 spiro atoms. The van der Waals surface area contributed by atoms with E-state index in [1.54, 1.807) is 11.3 Å². The fourth-order valence-electron chi connectivity index (χ4n) is 3.98. The van der Waals surface area contributed by atoms with Crippen LogP contribution in [0.3, 0.4) is 0 Å².